The third-order valence-corrected chi connectivity index (χ3v) is 3.78. The molecule has 6 heteroatoms. The molecule has 0 aliphatic carbocycles. The van der Waals surface area contributed by atoms with Gasteiger partial charge in [0.25, 0.3) is 0 Å². The van der Waals surface area contributed by atoms with E-state index in [9.17, 15) is 13.2 Å². The fourth-order valence-electron chi connectivity index (χ4n) is 2.15. The van der Waals surface area contributed by atoms with Gasteiger partial charge >= 0.3 is 0 Å². The summed E-state index contributed by atoms with van der Waals surface area (Å²) in [5, 5.41) is 2.80. The molecule has 0 bridgehead atoms. The lowest BCUT2D eigenvalue weighted by molar-refractivity contribution is 0.385. The topological polar surface area (TPSA) is 21.3 Å². The summed E-state index contributed by atoms with van der Waals surface area (Å²) < 4.78 is 46.9. The van der Waals surface area contributed by atoms with Gasteiger partial charge in [0, 0.05) is 5.56 Å². The lowest BCUT2D eigenvalue weighted by Gasteiger charge is -2.19. The first-order valence-corrected chi connectivity index (χ1v) is 6.93. The van der Waals surface area contributed by atoms with E-state index in [4.69, 9.17) is 4.74 Å². The van der Waals surface area contributed by atoms with E-state index in [0.29, 0.717) is 5.56 Å². The summed E-state index contributed by atoms with van der Waals surface area (Å²) in [5.41, 5.74) is 0.225. The maximum Gasteiger partial charge on any atom is 0.165 e. The van der Waals surface area contributed by atoms with Crippen LogP contribution in [0, 0.1) is 17.5 Å². The number of nitrogens with one attached hydrogen (secondary N) is 1. The monoisotopic (exact) mass is 359 g/mol. The van der Waals surface area contributed by atoms with Gasteiger partial charge in [0.2, 0.25) is 0 Å². The second-order valence-electron chi connectivity index (χ2n) is 4.37. The molecule has 1 atom stereocenters. The minimum atomic E-state index is -0.817. The Morgan fingerprint density at radius 3 is 2.38 bits per heavy atom. The Kier molecular flexibility index (Phi) is 4.90. The molecule has 0 saturated carbocycles. The summed E-state index contributed by atoms with van der Waals surface area (Å²) in [7, 11) is 2.90. The van der Waals surface area contributed by atoms with Crippen LogP contribution in [0.5, 0.6) is 5.75 Å². The van der Waals surface area contributed by atoms with E-state index in [1.807, 2.05) is 0 Å². The minimum absolute atomic E-state index is 0.0730. The zero-order chi connectivity index (χ0) is 15.6. The number of hydrogen-bond donors (Lipinski definition) is 1. The molecule has 21 heavy (non-hydrogen) atoms. The highest BCUT2D eigenvalue weighted by Gasteiger charge is 2.23. The number of benzene rings is 2. The van der Waals surface area contributed by atoms with Crippen molar-refractivity contribution in [3.05, 3.63) is 63.4 Å². The van der Waals surface area contributed by atoms with Gasteiger partial charge in [0.15, 0.2) is 11.6 Å². The van der Waals surface area contributed by atoms with Crippen LogP contribution in [0.4, 0.5) is 13.2 Å². The number of methoxy groups -OCH3 is 1. The Balaban J connectivity index is 2.55. The summed E-state index contributed by atoms with van der Waals surface area (Å²) in [6.07, 6.45) is 0. The Morgan fingerprint density at radius 1 is 1.10 bits per heavy atom. The third-order valence-electron chi connectivity index (χ3n) is 3.17. The minimum Gasteiger partial charge on any atom is -0.494 e. The average Bonchev–Trinajstić information content (AvgIpc) is 2.47. The summed E-state index contributed by atoms with van der Waals surface area (Å²) >= 11 is 3.02. The van der Waals surface area contributed by atoms with Crippen LogP contribution < -0.4 is 10.1 Å². The van der Waals surface area contributed by atoms with Crippen LogP contribution in [0.2, 0.25) is 0 Å². The summed E-state index contributed by atoms with van der Waals surface area (Å²) in [5.74, 6) is -1.94. The van der Waals surface area contributed by atoms with Gasteiger partial charge in [-0.15, -0.1) is 0 Å². The molecule has 1 unspecified atom stereocenters. The van der Waals surface area contributed by atoms with Crippen LogP contribution in [-0.4, -0.2) is 14.2 Å². The van der Waals surface area contributed by atoms with Gasteiger partial charge in [0.1, 0.15) is 11.6 Å². The van der Waals surface area contributed by atoms with E-state index in [1.54, 1.807) is 13.1 Å². The van der Waals surface area contributed by atoms with E-state index in [-0.39, 0.29) is 15.8 Å². The molecule has 0 radical (unpaired) electrons. The highest BCUT2D eigenvalue weighted by molar-refractivity contribution is 9.10. The quantitative estimate of drug-likeness (QED) is 0.826. The number of ether oxygens (including phenoxy) is 1. The predicted octanol–water partition coefficient (Wildman–Crippen LogP) is 4.18. The highest BCUT2D eigenvalue weighted by atomic mass is 79.9. The molecule has 2 nitrogen and oxygen atoms in total. The third kappa shape index (κ3) is 3.06. The van der Waals surface area contributed by atoms with E-state index in [2.05, 4.69) is 21.2 Å². The zero-order valence-corrected chi connectivity index (χ0v) is 13.0. The van der Waals surface area contributed by atoms with Crippen molar-refractivity contribution >= 4 is 15.9 Å². The molecular formula is C15H13BrF3NO. The van der Waals surface area contributed by atoms with Crippen molar-refractivity contribution in [1.29, 1.82) is 0 Å². The SMILES string of the molecule is CNC(c1ccc(OC)c(F)c1)c1c(F)ccc(Br)c1F. The molecule has 0 saturated heterocycles. The number of hydrogen-bond acceptors (Lipinski definition) is 2. The summed E-state index contributed by atoms with van der Waals surface area (Å²) in [6, 6.07) is 5.80. The lowest BCUT2D eigenvalue weighted by atomic mass is 9.97. The van der Waals surface area contributed by atoms with Crippen molar-refractivity contribution in [2.24, 2.45) is 0 Å². The van der Waals surface area contributed by atoms with Gasteiger partial charge in [-0.05, 0) is 52.8 Å². The average molecular weight is 360 g/mol. The van der Waals surface area contributed by atoms with Gasteiger partial charge in [0.05, 0.1) is 17.6 Å². The second kappa shape index (κ2) is 6.49. The number of halogens is 4. The zero-order valence-electron chi connectivity index (χ0n) is 11.4. The molecule has 0 aliphatic heterocycles. The first-order chi connectivity index (χ1) is 9.99. The van der Waals surface area contributed by atoms with Crippen LogP contribution in [0.1, 0.15) is 17.2 Å². The Morgan fingerprint density at radius 2 is 1.81 bits per heavy atom. The molecule has 0 aliphatic rings. The highest BCUT2D eigenvalue weighted by Crippen LogP contribution is 2.32. The smallest absolute Gasteiger partial charge is 0.165 e. The molecule has 2 rings (SSSR count). The van der Waals surface area contributed by atoms with Crippen molar-refractivity contribution < 1.29 is 17.9 Å². The van der Waals surface area contributed by atoms with Crippen molar-refractivity contribution in [3.8, 4) is 5.75 Å². The van der Waals surface area contributed by atoms with Crippen molar-refractivity contribution in [3.63, 3.8) is 0 Å². The lowest BCUT2D eigenvalue weighted by Crippen LogP contribution is -2.21. The van der Waals surface area contributed by atoms with E-state index in [1.165, 1.54) is 25.3 Å². The summed E-state index contributed by atoms with van der Waals surface area (Å²) in [4.78, 5) is 0. The molecule has 0 aromatic heterocycles. The molecule has 2 aromatic carbocycles. The van der Waals surface area contributed by atoms with Gasteiger partial charge in [-0.25, -0.2) is 13.2 Å². The van der Waals surface area contributed by atoms with Crippen molar-refractivity contribution in [1.82, 2.24) is 5.32 Å². The fraction of sp³-hybridized carbons (Fsp3) is 0.200. The Bertz CT molecular complexity index is 664. The van der Waals surface area contributed by atoms with Gasteiger partial charge in [-0.2, -0.15) is 0 Å². The fourth-order valence-corrected chi connectivity index (χ4v) is 2.49. The van der Waals surface area contributed by atoms with E-state index in [0.717, 1.165) is 6.07 Å². The van der Waals surface area contributed by atoms with Crippen LogP contribution in [0.25, 0.3) is 0 Å². The summed E-state index contributed by atoms with van der Waals surface area (Å²) in [6.45, 7) is 0. The molecular weight excluding hydrogens is 347 g/mol. The predicted molar refractivity (Wildman–Crippen MR) is 77.9 cm³/mol. The molecule has 0 heterocycles. The van der Waals surface area contributed by atoms with Crippen LogP contribution in [0.3, 0.4) is 0 Å². The van der Waals surface area contributed by atoms with Gasteiger partial charge < -0.3 is 10.1 Å². The first kappa shape index (κ1) is 15.9. The standard InChI is InChI=1S/C15H13BrF3NO/c1-20-15(8-3-6-12(21-2)11(18)7-8)13-10(17)5-4-9(16)14(13)19/h3-7,15,20H,1-2H3. The van der Waals surface area contributed by atoms with Crippen LogP contribution in [0.15, 0.2) is 34.8 Å². The van der Waals surface area contributed by atoms with Crippen LogP contribution in [-0.2, 0) is 0 Å². The molecule has 0 fully saturated rings. The normalized spacial score (nSPS) is 12.3. The first-order valence-electron chi connectivity index (χ1n) is 6.13. The Labute approximate surface area is 129 Å². The van der Waals surface area contributed by atoms with Crippen molar-refractivity contribution in [2.75, 3.05) is 14.2 Å². The maximum absolute atomic E-state index is 14.2. The molecule has 0 spiro atoms. The van der Waals surface area contributed by atoms with Crippen molar-refractivity contribution in [2.45, 2.75) is 6.04 Å². The second-order valence-corrected chi connectivity index (χ2v) is 5.23. The molecule has 112 valence electrons. The maximum atomic E-state index is 14.2. The Hall–Kier alpha value is -1.53. The van der Waals surface area contributed by atoms with Gasteiger partial charge in [-0.1, -0.05) is 6.07 Å². The molecule has 2 aromatic rings. The molecule has 0 amide bonds. The van der Waals surface area contributed by atoms with Gasteiger partial charge in [-0.3, -0.25) is 0 Å². The largest absolute Gasteiger partial charge is 0.494 e. The molecule has 1 N–H and O–H groups in total. The van der Waals surface area contributed by atoms with E-state index < -0.39 is 23.5 Å². The number of rotatable bonds is 4. The van der Waals surface area contributed by atoms with Crippen LogP contribution >= 0.6 is 15.9 Å². The van der Waals surface area contributed by atoms with E-state index >= 15 is 0 Å².